The van der Waals surface area contributed by atoms with Crippen molar-refractivity contribution in [1.29, 1.82) is 0 Å². The van der Waals surface area contributed by atoms with Crippen LogP contribution in [-0.2, 0) is 24.3 Å². The minimum absolute atomic E-state index is 0.0938. The lowest BCUT2D eigenvalue weighted by Crippen LogP contribution is -2.43. The van der Waals surface area contributed by atoms with E-state index in [1.165, 1.54) is 16.3 Å². The van der Waals surface area contributed by atoms with E-state index >= 15 is 0 Å². The van der Waals surface area contributed by atoms with Gasteiger partial charge in [-0.3, -0.25) is 4.79 Å². The summed E-state index contributed by atoms with van der Waals surface area (Å²) in [6.07, 6.45) is -0.0938. The number of aliphatic hydroxyl groups excluding tert-OH is 1. The van der Waals surface area contributed by atoms with Crippen LogP contribution in [0.15, 0.2) is 0 Å². The van der Waals surface area contributed by atoms with Gasteiger partial charge in [-0.05, 0) is 0 Å². The summed E-state index contributed by atoms with van der Waals surface area (Å²) in [4.78, 5) is 13.4. The molecule has 0 bridgehead atoms. The quantitative estimate of drug-likeness (QED) is 0.555. The van der Waals surface area contributed by atoms with Gasteiger partial charge in [0.15, 0.2) is 0 Å². The van der Waals surface area contributed by atoms with E-state index in [2.05, 4.69) is 0 Å². The van der Waals surface area contributed by atoms with Gasteiger partial charge in [-0.25, -0.2) is 8.42 Å². The second kappa shape index (κ2) is 9.31. The molecule has 21 heavy (non-hydrogen) atoms. The molecule has 0 unspecified atom stereocenters. The Kier molecular flexibility index (Phi) is 8.12. The SMILES string of the molecule is COCCN(CCO)C(=O)CCS(=O)(=O)N1CCOCC1. The van der Waals surface area contributed by atoms with E-state index in [-0.39, 0.29) is 31.2 Å². The number of aliphatic hydroxyl groups is 1. The normalized spacial score (nSPS) is 16.9. The molecule has 9 heteroatoms. The Morgan fingerprint density at radius 1 is 1.33 bits per heavy atom. The predicted molar refractivity (Wildman–Crippen MR) is 76.3 cm³/mol. The average Bonchev–Trinajstić information content (AvgIpc) is 2.50. The van der Waals surface area contributed by atoms with E-state index in [0.717, 1.165) is 0 Å². The summed E-state index contributed by atoms with van der Waals surface area (Å²) in [5.74, 6) is -0.515. The second-order valence-corrected chi connectivity index (χ2v) is 6.76. The van der Waals surface area contributed by atoms with Gasteiger partial charge in [0.05, 0.1) is 32.2 Å². The number of amides is 1. The maximum atomic E-state index is 12.1. The zero-order chi connectivity index (χ0) is 15.7. The molecule has 1 aliphatic rings. The molecule has 0 radical (unpaired) electrons. The van der Waals surface area contributed by atoms with E-state index in [0.29, 0.717) is 39.5 Å². The van der Waals surface area contributed by atoms with Crippen molar-refractivity contribution in [3.05, 3.63) is 0 Å². The summed E-state index contributed by atoms with van der Waals surface area (Å²) in [6.45, 7) is 2.15. The monoisotopic (exact) mass is 324 g/mol. The highest BCUT2D eigenvalue weighted by Crippen LogP contribution is 2.08. The number of ether oxygens (including phenoxy) is 2. The van der Waals surface area contributed by atoms with Crippen LogP contribution in [0.4, 0.5) is 0 Å². The topological polar surface area (TPSA) is 96.4 Å². The Hall–Kier alpha value is -0.740. The number of carbonyl (C=O) groups is 1. The number of hydrogen-bond acceptors (Lipinski definition) is 6. The first-order valence-corrected chi connectivity index (χ1v) is 8.55. The zero-order valence-electron chi connectivity index (χ0n) is 12.4. The van der Waals surface area contributed by atoms with Crippen molar-refractivity contribution < 1.29 is 27.8 Å². The van der Waals surface area contributed by atoms with Gasteiger partial charge < -0.3 is 19.5 Å². The molecule has 1 N–H and O–H groups in total. The van der Waals surface area contributed by atoms with Crippen LogP contribution in [0, 0.1) is 0 Å². The first-order valence-electron chi connectivity index (χ1n) is 6.94. The molecule has 124 valence electrons. The van der Waals surface area contributed by atoms with Gasteiger partial charge >= 0.3 is 0 Å². The lowest BCUT2D eigenvalue weighted by atomic mass is 10.3. The molecule has 1 fully saturated rings. The van der Waals surface area contributed by atoms with E-state index < -0.39 is 10.0 Å². The third-order valence-electron chi connectivity index (χ3n) is 3.23. The third kappa shape index (κ3) is 6.27. The molecule has 1 rings (SSSR count). The van der Waals surface area contributed by atoms with Crippen LogP contribution in [0.3, 0.4) is 0 Å². The summed E-state index contributed by atoms with van der Waals surface area (Å²) in [6, 6.07) is 0. The highest BCUT2D eigenvalue weighted by molar-refractivity contribution is 7.89. The molecule has 0 spiro atoms. The van der Waals surface area contributed by atoms with Gasteiger partial charge in [-0.2, -0.15) is 4.31 Å². The number of rotatable bonds is 9. The van der Waals surface area contributed by atoms with Gasteiger partial charge in [-0.1, -0.05) is 0 Å². The third-order valence-corrected chi connectivity index (χ3v) is 5.10. The van der Waals surface area contributed by atoms with Crippen LogP contribution in [0.2, 0.25) is 0 Å². The molecule has 0 atom stereocenters. The van der Waals surface area contributed by atoms with Gasteiger partial charge in [-0.15, -0.1) is 0 Å². The molecule has 1 aliphatic heterocycles. The zero-order valence-corrected chi connectivity index (χ0v) is 13.2. The lowest BCUT2D eigenvalue weighted by molar-refractivity contribution is -0.131. The van der Waals surface area contributed by atoms with Crippen LogP contribution in [0.25, 0.3) is 0 Å². The Morgan fingerprint density at radius 2 is 2.00 bits per heavy atom. The van der Waals surface area contributed by atoms with Crippen molar-refractivity contribution in [2.75, 3.05) is 65.5 Å². The van der Waals surface area contributed by atoms with Crippen LogP contribution < -0.4 is 0 Å². The van der Waals surface area contributed by atoms with Crippen LogP contribution >= 0.6 is 0 Å². The second-order valence-electron chi connectivity index (χ2n) is 4.67. The minimum Gasteiger partial charge on any atom is -0.395 e. The molecule has 0 aromatic carbocycles. The molecule has 8 nitrogen and oxygen atoms in total. The summed E-state index contributed by atoms with van der Waals surface area (Å²) < 4.78 is 35.6. The Labute approximate surface area is 125 Å². The summed E-state index contributed by atoms with van der Waals surface area (Å²) >= 11 is 0. The lowest BCUT2D eigenvalue weighted by Gasteiger charge is -2.26. The first-order chi connectivity index (χ1) is 10.0. The fourth-order valence-electron chi connectivity index (χ4n) is 2.01. The van der Waals surface area contributed by atoms with E-state index in [1.54, 1.807) is 0 Å². The van der Waals surface area contributed by atoms with E-state index in [1.807, 2.05) is 0 Å². The molecule has 0 aliphatic carbocycles. The van der Waals surface area contributed by atoms with E-state index in [9.17, 15) is 13.2 Å². The highest BCUT2D eigenvalue weighted by atomic mass is 32.2. The minimum atomic E-state index is -3.44. The van der Waals surface area contributed by atoms with Gasteiger partial charge in [0, 0.05) is 39.7 Å². The standard InChI is InChI=1S/C12H24N2O6S/c1-19-8-4-13(3-7-15)12(16)2-11-21(17,18)14-5-9-20-10-6-14/h15H,2-11H2,1H3. The molecule has 0 aromatic heterocycles. The maximum absolute atomic E-state index is 12.1. The fraction of sp³-hybridized carbons (Fsp3) is 0.917. The maximum Gasteiger partial charge on any atom is 0.223 e. The Morgan fingerprint density at radius 3 is 2.57 bits per heavy atom. The van der Waals surface area contributed by atoms with Crippen molar-refractivity contribution in [2.45, 2.75) is 6.42 Å². The fourth-order valence-corrected chi connectivity index (χ4v) is 3.41. The summed E-state index contributed by atoms with van der Waals surface area (Å²) in [7, 11) is -1.92. The molecular formula is C12H24N2O6S. The Balaban J connectivity index is 2.48. The largest absolute Gasteiger partial charge is 0.395 e. The van der Waals surface area contributed by atoms with Gasteiger partial charge in [0.2, 0.25) is 15.9 Å². The van der Waals surface area contributed by atoms with Gasteiger partial charge in [0.1, 0.15) is 0 Å². The summed E-state index contributed by atoms with van der Waals surface area (Å²) in [5, 5.41) is 8.94. The number of nitrogens with zero attached hydrogens (tertiary/aromatic N) is 2. The first kappa shape index (κ1) is 18.3. The van der Waals surface area contributed by atoms with Crippen molar-refractivity contribution in [2.24, 2.45) is 0 Å². The molecule has 0 saturated carbocycles. The van der Waals surface area contributed by atoms with Crippen molar-refractivity contribution in [3.63, 3.8) is 0 Å². The van der Waals surface area contributed by atoms with Crippen molar-refractivity contribution >= 4 is 15.9 Å². The number of carbonyl (C=O) groups excluding carboxylic acids is 1. The van der Waals surface area contributed by atoms with Crippen molar-refractivity contribution in [3.8, 4) is 0 Å². The van der Waals surface area contributed by atoms with Gasteiger partial charge in [0.25, 0.3) is 0 Å². The molecule has 1 saturated heterocycles. The number of sulfonamides is 1. The summed E-state index contributed by atoms with van der Waals surface area (Å²) in [5.41, 5.74) is 0. The average molecular weight is 324 g/mol. The van der Waals surface area contributed by atoms with Crippen LogP contribution in [0.5, 0.6) is 0 Å². The van der Waals surface area contributed by atoms with Crippen molar-refractivity contribution in [1.82, 2.24) is 9.21 Å². The predicted octanol–water partition coefficient (Wildman–Crippen LogP) is -1.49. The van der Waals surface area contributed by atoms with Crippen LogP contribution in [0.1, 0.15) is 6.42 Å². The molecule has 1 amide bonds. The van der Waals surface area contributed by atoms with E-state index in [4.69, 9.17) is 14.6 Å². The Bertz CT molecular complexity index is 408. The molecule has 1 heterocycles. The number of hydrogen-bond donors (Lipinski definition) is 1. The smallest absolute Gasteiger partial charge is 0.223 e. The highest BCUT2D eigenvalue weighted by Gasteiger charge is 2.25. The number of morpholine rings is 1. The number of methoxy groups -OCH3 is 1. The molecular weight excluding hydrogens is 300 g/mol. The molecule has 0 aromatic rings. The van der Waals surface area contributed by atoms with Crippen LogP contribution in [-0.4, -0.2) is 94.1 Å².